The summed E-state index contributed by atoms with van der Waals surface area (Å²) >= 11 is 1.47. The maximum Gasteiger partial charge on any atom is 0.129 e. The molecule has 0 saturated heterocycles. The third-order valence-corrected chi connectivity index (χ3v) is 3.69. The Balaban J connectivity index is 2.34. The molecule has 0 aliphatic rings. The van der Waals surface area contributed by atoms with Crippen LogP contribution in [-0.2, 0) is 12.0 Å². The van der Waals surface area contributed by atoms with Gasteiger partial charge in [0.25, 0.3) is 0 Å². The van der Waals surface area contributed by atoms with Gasteiger partial charge in [0.15, 0.2) is 0 Å². The average molecular weight is 251 g/mol. The third kappa shape index (κ3) is 2.53. The summed E-state index contributed by atoms with van der Waals surface area (Å²) in [7, 11) is 0. The number of rotatable bonds is 4. The summed E-state index contributed by atoms with van der Waals surface area (Å²) < 4.78 is 13.7. The Morgan fingerprint density at radius 3 is 2.76 bits per heavy atom. The van der Waals surface area contributed by atoms with E-state index in [1.54, 1.807) is 29.9 Å². The van der Waals surface area contributed by atoms with Crippen LogP contribution < -0.4 is 0 Å². The second kappa shape index (κ2) is 4.94. The molecule has 2 rings (SSSR count). The van der Waals surface area contributed by atoms with Crippen LogP contribution in [-0.4, -0.2) is 10.1 Å². The first kappa shape index (κ1) is 12.2. The Bertz CT molecular complexity index is 486. The number of hydrogen-bond acceptors (Lipinski definition) is 3. The molecule has 0 radical (unpaired) electrons. The van der Waals surface area contributed by atoms with Gasteiger partial charge in [0, 0.05) is 23.1 Å². The predicted molar refractivity (Wildman–Crippen MR) is 66.4 cm³/mol. The fourth-order valence-corrected chi connectivity index (χ4v) is 2.57. The Morgan fingerprint density at radius 1 is 1.41 bits per heavy atom. The molecule has 1 N–H and O–H groups in total. The number of aliphatic hydroxyl groups is 1. The van der Waals surface area contributed by atoms with Crippen LogP contribution in [0.1, 0.15) is 23.8 Å². The highest BCUT2D eigenvalue weighted by molar-refractivity contribution is 7.09. The van der Waals surface area contributed by atoms with Crippen LogP contribution in [0.3, 0.4) is 0 Å². The highest BCUT2D eigenvalue weighted by Crippen LogP contribution is 2.31. The van der Waals surface area contributed by atoms with Crippen molar-refractivity contribution < 1.29 is 9.50 Å². The maximum absolute atomic E-state index is 13.7. The van der Waals surface area contributed by atoms with Crippen LogP contribution in [0.5, 0.6) is 0 Å². The Hall–Kier alpha value is -1.26. The van der Waals surface area contributed by atoms with Gasteiger partial charge in [-0.15, -0.1) is 11.3 Å². The molecule has 1 aromatic carbocycles. The lowest BCUT2D eigenvalue weighted by atomic mass is 9.87. The number of nitrogens with zero attached hydrogens (tertiary/aromatic N) is 1. The number of benzene rings is 1. The van der Waals surface area contributed by atoms with Crippen molar-refractivity contribution in [2.45, 2.75) is 25.4 Å². The molecule has 4 heteroatoms. The molecular formula is C13H14FNOS. The first-order valence-corrected chi connectivity index (χ1v) is 6.38. The maximum atomic E-state index is 13.7. The van der Waals surface area contributed by atoms with Gasteiger partial charge in [0.2, 0.25) is 0 Å². The van der Waals surface area contributed by atoms with E-state index in [-0.39, 0.29) is 5.82 Å². The number of hydrogen-bond donors (Lipinski definition) is 1. The van der Waals surface area contributed by atoms with E-state index < -0.39 is 5.60 Å². The predicted octanol–water partition coefficient (Wildman–Crippen LogP) is 3.12. The fourth-order valence-electron chi connectivity index (χ4n) is 1.87. The molecule has 0 bridgehead atoms. The van der Waals surface area contributed by atoms with Crippen LogP contribution in [0, 0.1) is 5.82 Å². The topological polar surface area (TPSA) is 33.1 Å². The molecule has 0 amide bonds. The third-order valence-electron chi connectivity index (χ3n) is 2.91. The van der Waals surface area contributed by atoms with E-state index in [4.69, 9.17) is 0 Å². The van der Waals surface area contributed by atoms with Gasteiger partial charge in [0.05, 0.1) is 11.1 Å². The highest BCUT2D eigenvalue weighted by Gasteiger charge is 2.30. The molecule has 0 fully saturated rings. The van der Waals surface area contributed by atoms with Crippen molar-refractivity contribution in [1.29, 1.82) is 0 Å². The highest BCUT2D eigenvalue weighted by atomic mass is 32.1. The molecule has 0 aliphatic heterocycles. The molecule has 17 heavy (non-hydrogen) atoms. The van der Waals surface area contributed by atoms with Gasteiger partial charge in [-0.25, -0.2) is 4.39 Å². The van der Waals surface area contributed by atoms with Crippen LogP contribution in [0.15, 0.2) is 36.0 Å². The van der Waals surface area contributed by atoms with Gasteiger partial charge >= 0.3 is 0 Å². The lowest BCUT2D eigenvalue weighted by Gasteiger charge is -2.27. The lowest BCUT2D eigenvalue weighted by molar-refractivity contribution is 0.0299. The van der Waals surface area contributed by atoms with E-state index in [9.17, 15) is 9.50 Å². The molecule has 1 unspecified atom stereocenters. The van der Waals surface area contributed by atoms with Crippen molar-refractivity contribution in [3.05, 3.63) is 52.2 Å². The van der Waals surface area contributed by atoms with E-state index in [1.807, 2.05) is 6.92 Å². The van der Waals surface area contributed by atoms with Gasteiger partial charge in [-0.2, -0.15) is 0 Å². The summed E-state index contributed by atoms with van der Waals surface area (Å²) in [6.45, 7) is 1.85. The summed E-state index contributed by atoms with van der Waals surface area (Å²) in [6.07, 6.45) is 2.58. The van der Waals surface area contributed by atoms with Crippen molar-refractivity contribution in [3.63, 3.8) is 0 Å². The van der Waals surface area contributed by atoms with Crippen LogP contribution >= 0.6 is 11.3 Å². The molecule has 1 atom stereocenters. The van der Waals surface area contributed by atoms with Crippen molar-refractivity contribution in [2.75, 3.05) is 0 Å². The smallest absolute Gasteiger partial charge is 0.129 e. The lowest BCUT2D eigenvalue weighted by Crippen LogP contribution is -2.28. The second-order valence-corrected chi connectivity index (χ2v) is 4.98. The zero-order chi connectivity index (χ0) is 12.3. The van der Waals surface area contributed by atoms with Gasteiger partial charge in [-0.1, -0.05) is 25.1 Å². The summed E-state index contributed by atoms with van der Waals surface area (Å²) in [5.74, 6) is -0.360. The van der Waals surface area contributed by atoms with Crippen molar-refractivity contribution >= 4 is 11.3 Å². The SMILES string of the molecule is CCC(O)(Cc1cncs1)c1ccccc1F. The normalized spacial score (nSPS) is 14.5. The fraction of sp³-hybridized carbons (Fsp3) is 0.308. The summed E-state index contributed by atoms with van der Waals surface area (Å²) in [6, 6.07) is 6.38. The van der Waals surface area contributed by atoms with Crippen LogP contribution in [0.4, 0.5) is 4.39 Å². The zero-order valence-electron chi connectivity index (χ0n) is 9.56. The minimum atomic E-state index is -1.15. The molecule has 2 nitrogen and oxygen atoms in total. The average Bonchev–Trinajstić information content (AvgIpc) is 2.82. The Kier molecular flexibility index (Phi) is 3.54. The Labute approximate surface area is 104 Å². The van der Waals surface area contributed by atoms with Crippen LogP contribution in [0.2, 0.25) is 0 Å². The van der Waals surface area contributed by atoms with Crippen molar-refractivity contribution in [1.82, 2.24) is 4.98 Å². The quantitative estimate of drug-likeness (QED) is 0.905. The van der Waals surface area contributed by atoms with Gasteiger partial charge < -0.3 is 5.11 Å². The molecule has 90 valence electrons. The van der Waals surface area contributed by atoms with E-state index in [0.717, 1.165) is 4.88 Å². The van der Waals surface area contributed by atoms with E-state index in [1.165, 1.54) is 17.4 Å². The van der Waals surface area contributed by atoms with Crippen molar-refractivity contribution in [3.8, 4) is 0 Å². The zero-order valence-corrected chi connectivity index (χ0v) is 10.4. The second-order valence-electron chi connectivity index (χ2n) is 4.01. The molecule has 1 heterocycles. The molecule has 0 spiro atoms. The van der Waals surface area contributed by atoms with Crippen molar-refractivity contribution in [2.24, 2.45) is 0 Å². The van der Waals surface area contributed by atoms with Gasteiger partial charge in [-0.05, 0) is 12.5 Å². The van der Waals surface area contributed by atoms with Gasteiger partial charge in [0.1, 0.15) is 5.82 Å². The molecule has 0 aliphatic carbocycles. The summed E-state index contributed by atoms with van der Waals surface area (Å²) in [5, 5.41) is 10.6. The monoisotopic (exact) mass is 251 g/mol. The van der Waals surface area contributed by atoms with E-state index in [2.05, 4.69) is 4.98 Å². The van der Waals surface area contributed by atoms with Crippen LogP contribution in [0.25, 0.3) is 0 Å². The van der Waals surface area contributed by atoms with E-state index >= 15 is 0 Å². The minimum Gasteiger partial charge on any atom is -0.385 e. The largest absolute Gasteiger partial charge is 0.385 e. The summed E-state index contributed by atoms with van der Waals surface area (Å²) in [5.41, 5.74) is 0.917. The summed E-state index contributed by atoms with van der Waals surface area (Å²) in [4.78, 5) is 4.93. The minimum absolute atomic E-state index is 0.357. The first-order valence-electron chi connectivity index (χ1n) is 5.50. The Morgan fingerprint density at radius 2 is 2.18 bits per heavy atom. The van der Waals surface area contributed by atoms with E-state index in [0.29, 0.717) is 18.4 Å². The standard InChI is InChI=1S/C13H14FNOS/c1-2-13(16,7-10-8-15-9-17-10)11-5-3-4-6-12(11)14/h3-6,8-9,16H,2,7H2,1H3. The number of thiazole rings is 1. The molecule has 0 saturated carbocycles. The number of halogens is 1. The molecule has 2 aromatic rings. The molecular weight excluding hydrogens is 237 g/mol. The molecule has 1 aromatic heterocycles. The number of aromatic nitrogens is 1. The van der Waals surface area contributed by atoms with Gasteiger partial charge in [-0.3, -0.25) is 4.98 Å². The first-order chi connectivity index (χ1) is 8.15.